The molecule has 1 aromatic carbocycles. The first-order valence-electron chi connectivity index (χ1n) is 10.7. The molecule has 1 amide bonds. The van der Waals surface area contributed by atoms with Crippen LogP contribution in [0.2, 0.25) is 0 Å². The molecule has 1 N–H and O–H groups in total. The molecular weight excluding hydrogens is 398 g/mol. The first-order valence-corrected chi connectivity index (χ1v) is 11.5. The Hall–Kier alpha value is -2.56. The summed E-state index contributed by atoms with van der Waals surface area (Å²) in [5, 5.41) is 13.3. The third-order valence-electron chi connectivity index (χ3n) is 6.15. The van der Waals surface area contributed by atoms with Gasteiger partial charge in [0.05, 0.1) is 25.3 Å². The Morgan fingerprint density at radius 3 is 2.93 bits per heavy atom. The second-order valence-corrected chi connectivity index (χ2v) is 9.21. The summed E-state index contributed by atoms with van der Waals surface area (Å²) >= 11 is 1.57. The molecule has 1 saturated heterocycles. The van der Waals surface area contributed by atoms with E-state index in [0.717, 1.165) is 72.7 Å². The Balaban J connectivity index is 1.29. The van der Waals surface area contributed by atoms with Crippen LogP contribution in [0.5, 0.6) is 11.5 Å². The first-order chi connectivity index (χ1) is 14.7. The first kappa shape index (κ1) is 19.4. The van der Waals surface area contributed by atoms with Gasteiger partial charge in [-0.25, -0.2) is 0 Å². The number of nitrogens with zero attached hydrogens (tertiary/aromatic N) is 2. The maximum atomic E-state index is 12.8. The highest BCUT2D eigenvalue weighted by atomic mass is 32.1. The van der Waals surface area contributed by atoms with Gasteiger partial charge in [-0.2, -0.15) is 5.26 Å². The Bertz CT molecular complexity index is 1010. The third kappa shape index (κ3) is 3.66. The Morgan fingerprint density at radius 1 is 1.20 bits per heavy atom. The molecule has 6 nitrogen and oxygen atoms in total. The molecule has 5 rings (SSSR count). The van der Waals surface area contributed by atoms with Gasteiger partial charge in [-0.3, -0.25) is 9.69 Å². The fourth-order valence-corrected chi connectivity index (χ4v) is 6.00. The van der Waals surface area contributed by atoms with E-state index in [1.54, 1.807) is 11.3 Å². The molecule has 30 heavy (non-hydrogen) atoms. The van der Waals surface area contributed by atoms with Gasteiger partial charge in [-0.05, 0) is 61.9 Å². The lowest BCUT2D eigenvalue weighted by molar-refractivity contribution is -0.117. The zero-order valence-electron chi connectivity index (χ0n) is 16.9. The van der Waals surface area contributed by atoms with Crippen LogP contribution in [0.4, 0.5) is 5.00 Å². The second-order valence-electron chi connectivity index (χ2n) is 8.11. The van der Waals surface area contributed by atoms with E-state index in [1.165, 1.54) is 4.88 Å². The van der Waals surface area contributed by atoms with Crippen LogP contribution in [-0.4, -0.2) is 37.1 Å². The summed E-state index contributed by atoms with van der Waals surface area (Å²) in [5.74, 6) is 1.55. The lowest BCUT2D eigenvalue weighted by atomic mass is 10.0. The number of hydrogen-bond donors (Lipinski definition) is 1. The molecule has 1 aromatic heterocycles. The lowest BCUT2D eigenvalue weighted by Gasteiger charge is -2.24. The number of hydrogen-bond acceptors (Lipinski definition) is 6. The minimum Gasteiger partial charge on any atom is -0.490 e. The number of carbonyl (C=O) groups is 1. The summed E-state index contributed by atoms with van der Waals surface area (Å²) in [4.78, 5) is 16.3. The zero-order chi connectivity index (χ0) is 20.5. The summed E-state index contributed by atoms with van der Waals surface area (Å²) in [7, 11) is 0. The van der Waals surface area contributed by atoms with Crippen LogP contribution >= 0.6 is 11.3 Å². The van der Waals surface area contributed by atoms with Crippen LogP contribution in [0.3, 0.4) is 0 Å². The van der Waals surface area contributed by atoms with Crippen molar-refractivity contribution in [3.8, 4) is 17.6 Å². The monoisotopic (exact) mass is 423 g/mol. The SMILES string of the molecule is N#Cc1c(NC(=O)CN2CCCC2c2ccc3c(c2)OCCCO3)sc2c1CCC2. The summed E-state index contributed by atoms with van der Waals surface area (Å²) in [6.45, 7) is 2.56. The van der Waals surface area contributed by atoms with Crippen molar-refractivity contribution in [2.45, 2.75) is 44.6 Å². The van der Waals surface area contributed by atoms with Gasteiger partial charge in [0.2, 0.25) is 5.91 Å². The highest BCUT2D eigenvalue weighted by molar-refractivity contribution is 7.16. The zero-order valence-corrected chi connectivity index (χ0v) is 17.7. The van der Waals surface area contributed by atoms with Crippen LogP contribution < -0.4 is 14.8 Å². The number of nitrogens with one attached hydrogen (secondary N) is 1. The predicted octanol–water partition coefficient (Wildman–Crippen LogP) is 4.05. The van der Waals surface area contributed by atoms with Crippen molar-refractivity contribution in [3.05, 3.63) is 39.8 Å². The molecule has 156 valence electrons. The fourth-order valence-electron chi connectivity index (χ4n) is 4.74. The van der Waals surface area contributed by atoms with Crippen LogP contribution in [-0.2, 0) is 17.6 Å². The Morgan fingerprint density at radius 2 is 2.07 bits per heavy atom. The third-order valence-corrected chi connectivity index (χ3v) is 7.36. The Kier molecular flexibility index (Phi) is 5.36. The van der Waals surface area contributed by atoms with E-state index < -0.39 is 0 Å². The molecule has 1 fully saturated rings. The van der Waals surface area contributed by atoms with Gasteiger partial charge >= 0.3 is 0 Å². The van der Waals surface area contributed by atoms with Crippen molar-refractivity contribution in [2.75, 3.05) is 31.6 Å². The fraction of sp³-hybridized carbons (Fsp3) is 0.478. The number of fused-ring (bicyclic) bond motifs is 2. The average Bonchev–Trinajstić information content (AvgIpc) is 3.40. The number of rotatable bonds is 4. The number of amides is 1. The van der Waals surface area contributed by atoms with E-state index in [4.69, 9.17) is 9.47 Å². The molecular formula is C23H25N3O3S. The van der Waals surface area contributed by atoms with Crippen molar-refractivity contribution in [3.63, 3.8) is 0 Å². The predicted molar refractivity (Wildman–Crippen MR) is 115 cm³/mol. The number of aryl methyl sites for hydroxylation is 1. The average molecular weight is 424 g/mol. The topological polar surface area (TPSA) is 74.6 Å². The summed E-state index contributed by atoms with van der Waals surface area (Å²) < 4.78 is 11.6. The molecule has 0 bridgehead atoms. The van der Waals surface area contributed by atoms with E-state index in [0.29, 0.717) is 25.3 Å². The minimum absolute atomic E-state index is 0.0485. The number of anilines is 1. The van der Waals surface area contributed by atoms with Gasteiger partial charge in [0.1, 0.15) is 11.1 Å². The van der Waals surface area contributed by atoms with Gasteiger partial charge in [-0.15, -0.1) is 11.3 Å². The summed E-state index contributed by atoms with van der Waals surface area (Å²) in [5.41, 5.74) is 2.98. The van der Waals surface area contributed by atoms with Gasteiger partial charge in [0.25, 0.3) is 0 Å². The minimum atomic E-state index is -0.0485. The van der Waals surface area contributed by atoms with Crippen molar-refractivity contribution >= 4 is 22.2 Å². The maximum absolute atomic E-state index is 12.8. The van der Waals surface area contributed by atoms with Gasteiger partial charge in [0.15, 0.2) is 11.5 Å². The molecule has 7 heteroatoms. The number of ether oxygens (including phenoxy) is 2. The highest BCUT2D eigenvalue weighted by Gasteiger charge is 2.29. The van der Waals surface area contributed by atoms with E-state index in [-0.39, 0.29) is 11.9 Å². The molecule has 3 aliphatic rings. The van der Waals surface area contributed by atoms with E-state index in [2.05, 4.69) is 28.4 Å². The van der Waals surface area contributed by atoms with Crippen molar-refractivity contribution in [2.24, 2.45) is 0 Å². The van der Waals surface area contributed by atoms with E-state index in [9.17, 15) is 10.1 Å². The molecule has 1 aliphatic carbocycles. The number of benzene rings is 1. The summed E-state index contributed by atoms with van der Waals surface area (Å²) in [6.07, 6.45) is 6.03. The van der Waals surface area contributed by atoms with Gasteiger partial charge < -0.3 is 14.8 Å². The molecule has 0 radical (unpaired) electrons. The summed E-state index contributed by atoms with van der Waals surface area (Å²) in [6, 6.07) is 8.63. The normalized spacial score (nSPS) is 20.4. The molecule has 3 heterocycles. The molecule has 1 unspecified atom stereocenters. The van der Waals surface area contributed by atoms with Gasteiger partial charge in [-0.1, -0.05) is 6.07 Å². The molecule has 2 aliphatic heterocycles. The highest BCUT2D eigenvalue weighted by Crippen LogP contribution is 2.40. The van der Waals surface area contributed by atoms with Crippen LogP contribution in [0.25, 0.3) is 0 Å². The quantitative estimate of drug-likeness (QED) is 0.803. The van der Waals surface area contributed by atoms with Crippen LogP contribution in [0.15, 0.2) is 18.2 Å². The van der Waals surface area contributed by atoms with Crippen molar-refractivity contribution in [1.82, 2.24) is 4.90 Å². The van der Waals surface area contributed by atoms with Gasteiger partial charge in [0, 0.05) is 17.3 Å². The van der Waals surface area contributed by atoms with E-state index in [1.807, 2.05) is 6.07 Å². The van der Waals surface area contributed by atoms with Crippen LogP contribution in [0.1, 0.15) is 53.3 Å². The number of carbonyl (C=O) groups excluding carboxylic acids is 1. The number of likely N-dealkylation sites (tertiary alicyclic amines) is 1. The largest absolute Gasteiger partial charge is 0.490 e. The van der Waals surface area contributed by atoms with Crippen molar-refractivity contribution < 1.29 is 14.3 Å². The lowest BCUT2D eigenvalue weighted by Crippen LogP contribution is -2.32. The van der Waals surface area contributed by atoms with E-state index >= 15 is 0 Å². The molecule has 2 aromatic rings. The molecule has 0 saturated carbocycles. The standard InChI is InChI=1S/C23H25N3O3S/c24-13-17-16-4-1-6-21(16)30-23(17)25-22(27)14-26-9-2-5-18(26)15-7-8-19-20(12-15)29-11-3-10-28-19/h7-8,12,18H,1-6,9-11,14H2,(H,25,27). The second kappa shape index (κ2) is 8.29. The number of thiophene rings is 1. The van der Waals surface area contributed by atoms with Crippen molar-refractivity contribution in [1.29, 1.82) is 5.26 Å². The maximum Gasteiger partial charge on any atom is 0.239 e. The molecule has 0 spiro atoms. The smallest absolute Gasteiger partial charge is 0.239 e. The number of nitriles is 1. The Labute approximate surface area is 180 Å². The van der Waals surface area contributed by atoms with Crippen LogP contribution in [0, 0.1) is 11.3 Å². The molecule has 1 atom stereocenters.